The van der Waals surface area contributed by atoms with Crippen LogP contribution in [-0.4, -0.2) is 65.4 Å². The molecule has 3 aromatic rings. The Kier molecular flexibility index (Phi) is 9.46. The first kappa shape index (κ1) is 33.0. The summed E-state index contributed by atoms with van der Waals surface area (Å²) >= 11 is 8.10. The quantitative estimate of drug-likeness (QED) is 0.155. The van der Waals surface area contributed by atoms with E-state index in [0.29, 0.717) is 17.5 Å². The molecule has 0 aromatic heterocycles. The second-order valence-corrected chi connectivity index (χ2v) is 12.5. The number of thioether (sulfide) groups is 1. The molecule has 0 bridgehead atoms. The fourth-order valence-electron chi connectivity index (χ4n) is 6.09. The molecule has 2 aliphatic rings. The van der Waals surface area contributed by atoms with E-state index < -0.39 is 40.7 Å². The van der Waals surface area contributed by atoms with Gasteiger partial charge in [0.2, 0.25) is 17.3 Å². The van der Waals surface area contributed by atoms with Gasteiger partial charge >= 0.3 is 0 Å². The maximum absolute atomic E-state index is 14.2. The summed E-state index contributed by atoms with van der Waals surface area (Å²) in [5.74, 6) is -3.88. The summed E-state index contributed by atoms with van der Waals surface area (Å²) in [5, 5.41) is 34.2. The molecule has 0 saturated carbocycles. The number of allylic oxidation sites excluding steroid dienone is 1. The van der Waals surface area contributed by atoms with Crippen LogP contribution in [0.4, 0.5) is 0 Å². The van der Waals surface area contributed by atoms with Crippen molar-refractivity contribution in [2.45, 2.75) is 42.6 Å². The number of phenolic OH excluding ortho intramolecular Hbond substituents is 2. The number of amides is 1. The monoisotopic (exact) mass is 667 g/mol. The Morgan fingerprint density at radius 1 is 1.07 bits per heavy atom. The molecule has 3 unspecified atom stereocenters. The van der Waals surface area contributed by atoms with Gasteiger partial charge in [0.15, 0.2) is 28.8 Å². The number of aliphatic hydroxyl groups excluding tert-OH is 1. The number of hydrogen-bond donors (Lipinski definition) is 4. The number of phenols is 2. The number of ketones is 2. The molecule has 1 spiro atoms. The summed E-state index contributed by atoms with van der Waals surface area (Å²) in [6.07, 6.45) is 1.94. The normalized spacial score (nSPS) is 19.5. The van der Waals surface area contributed by atoms with E-state index in [1.54, 1.807) is 25.1 Å². The molecule has 10 nitrogen and oxygen atoms in total. The van der Waals surface area contributed by atoms with E-state index in [-0.39, 0.29) is 64.3 Å². The number of fused-ring (bicyclic) bond motifs is 1. The van der Waals surface area contributed by atoms with Gasteiger partial charge in [-0.25, -0.2) is 0 Å². The standard InChI is InChI=1S/C34H34ClNO9S/c1-17-13-24(39)28(32(41)34(17)33(42)29-25(43-2)16-26(44-3)30(35)31(29)45-34)21(19-6-8-20(46-4)9-7-19)15-27(40)36-12-11-18-5-10-22(37)23(38)14-18/h5-10,14,16-17,21,37-38,41H,11-13,15H2,1-4H3,(H,36,40). The fourth-order valence-corrected chi connectivity index (χ4v) is 6.76. The van der Waals surface area contributed by atoms with E-state index in [9.17, 15) is 29.7 Å². The molecule has 0 fully saturated rings. The second-order valence-electron chi connectivity index (χ2n) is 11.2. The smallest absolute Gasteiger partial charge is 0.231 e. The van der Waals surface area contributed by atoms with E-state index in [1.165, 1.54) is 44.2 Å². The molecule has 1 aliphatic carbocycles. The van der Waals surface area contributed by atoms with Crippen LogP contribution in [0.25, 0.3) is 0 Å². The van der Waals surface area contributed by atoms with Crippen LogP contribution in [-0.2, 0) is 16.0 Å². The molecule has 12 heteroatoms. The van der Waals surface area contributed by atoms with Crippen molar-refractivity contribution in [3.05, 3.63) is 81.6 Å². The number of carbonyl (C=O) groups is 3. The molecule has 3 atom stereocenters. The summed E-state index contributed by atoms with van der Waals surface area (Å²) in [4.78, 5) is 42.3. The molecule has 1 amide bonds. The van der Waals surface area contributed by atoms with Crippen LogP contribution in [0.5, 0.6) is 28.7 Å². The number of hydrogen-bond acceptors (Lipinski definition) is 10. The molecular formula is C34H34ClNO9S. The van der Waals surface area contributed by atoms with Crippen LogP contribution in [0.2, 0.25) is 5.02 Å². The summed E-state index contributed by atoms with van der Waals surface area (Å²) in [7, 11) is 2.79. The Morgan fingerprint density at radius 2 is 1.76 bits per heavy atom. The van der Waals surface area contributed by atoms with Crippen molar-refractivity contribution < 1.29 is 43.9 Å². The molecule has 0 radical (unpaired) electrons. The van der Waals surface area contributed by atoms with Crippen LogP contribution in [0.15, 0.2) is 64.8 Å². The van der Waals surface area contributed by atoms with Gasteiger partial charge in [0, 0.05) is 47.8 Å². The van der Waals surface area contributed by atoms with Crippen molar-refractivity contribution in [2.75, 3.05) is 27.0 Å². The average molecular weight is 668 g/mol. The van der Waals surface area contributed by atoms with Gasteiger partial charge in [0.1, 0.15) is 22.1 Å². The van der Waals surface area contributed by atoms with E-state index in [2.05, 4.69) is 5.32 Å². The van der Waals surface area contributed by atoms with Crippen LogP contribution in [0, 0.1) is 5.92 Å². The fraction of sp³-hybridized carbons (Fsp3) is 0.324. The zero-order chi connectivity index (χ0) is 33.3. The maximum Gasteiger partial charge on any atom is 0.231 e. The lowest BCUT2D eigenvalue weighted by atomic mass is 9.69. The van der Waals surface area contributed by atoms with Gasteiger partial charge in [-0.1, -0.05) is 36.7 Å². The number of halogens is 1. The minimum Gasteiger partial charge on any atom is -0.507 e. The summed E-state index contributed by atoms with van der Waals surface area (Å²) in [6.45, 7) is 1.85. The molecule has 0 saturated heterocycles. The lowest BCUT2D eigenvalue weighted by Crippen LogP contribution is -2.53. The topological polar surface area (TPSA) is 152 Å². The van der Waals surface area contributed by atoms with Gasteiger partial charge in [-0.15, -0.1) is 11.8 Å². The van der Waals surface area contributed by atoms with Gasteiger partial charge in [-0.3, -0.25) is 14.4 Å². The zero-order valence-electron chi connectivity index (χ0n) is 25.7. The largest absolute Gasteiger partial charge is 0.507 e. The molecule has 1 heterocycles. The van der Waals surface area contributed by atoms with Gasteiger partial charge in [-0.05, 0) is 48.1 Å². The number of carbonyl (C=O) groups excluding carboxylic acids is 3. The van der Waals surface area contributed by atoms with Gasteiger partial charge in [0.05, 0.1) is 14.2 Å². The Hall–Kier alpha value is -4.35. The third-order valence-electron chi connectivity index (χ3n) is 8.54. The van der Waals surface area contributed by atoms with E-state index >= 15 is 0 Å². The van der Waals surface area contributed by atoms with Gasteiger partial charge in [0.25, 0.3) is 0 Å². The SMILES string of the molecule is COc1cc(OC)c2c(c1Cl)OC1(C2=O)C(O)=C(C(CC(=O)NCCc2ccc(O)c(O)c2)c2ccc(SC)cc2)C(=O)CC1C. The first-order valence-electron chi connectivity index (χ1n) is 14.5. The van der Waals surface area contributed by atoms with Crippen molar-refractivity contribution in [3.8, 4) is 28.7 Å². The van der Waals surface area contributed by atoms with Gasteiger partial charge < -0.3 is 34.8 Å². The highest BCUT2D eigenvalue weighted by atomic mass is 35.5. The summed E-state index contributed by atoms with van der Waals surface area (Å²) in [5.41, 5.74) is -0.753. The number of methoxy groups -OCH3 is 2. The number of Topliss-reactive ketones (excluding diaryl/α,β-unsaturated/α-hetero) is 2. The third kappa shape index (κ3) is 5.73. The van der Waals surface area contributed by atoms with Crippen molar-refractivity contribution in [3.63, 3.8) is 0 Å². The van der Waals surface area contributed by atoms with Crippen molar-refractivity contribution >= 4 is 40.8 Å². The number of aliphatic hydroxyl groups is 1. The number of benzene rings is 3. The molecule has 5 rings (SSSR count). The van der Waals surface area contributed by atoms with Crippen LogP contribution >= 0.6 is 23.4 Å². The highest BCUT2D eigenvalue weighted by Crippen LogP contribution is 2.55. The summed E-state index contributed by atoms with van der Waals surface area (Å²) < 4.78 is 17.1. The van der Waals surface area contributed by atoms with Crippen LogP contribution < -0.4 is 19.5 Å². The number of ether oxygens (including phenoxy) is 3. The molecule has 1 aliphatic heterocycles. The highest BCUT2D eigenvalue weighted by Gasteiger charge is 2.61. The molecule has 3 aromatic carbocycles. The first-order chi connectivity index (χ1) is 22.0. The van der Waals surface area contributed by atoms with E-state index in [1.807, 2.05) is 18.4 Å². The minimum absolute atomic E-state index is 0.0196. The second kappa shape index (κ2) is 13.2. The number of nitrogens with one attached hydrogen (secondary N) is 1. The first-order valence-corrected chi connectivity index (χ1v) is 16.1. The minimum atomic E-state index is -1.98. The Balaban J connectivity index is 1.53. The van der Waals surface area contributed by atoms with Crippen LogP contribution in [0.1, 0.15) is 47.2 Å². The van der Waals surface area contributed by atoms with Crippen molar-refractivity contribution in [2.24, 2.45) is 5.92 Å². The summed E-state index contributed by atoms with van der Waals surface area (Å²) in [6, 6.07) is 13.2. The predicted octanol–water partition coefficient (Wildman–Crippen LogP) is 5.76. The average Bonchev–Trinajstić information content (AvgIpc) is 3.36. The van der Waals surface area contributed by atoms with Crippen molar-refractivity contribution in [1.29, 1.82) is 0 Å². The van der Waals surface area contributed by atoms with Crippen molar-refractivity contribution in [1.82, 2.24) is 5.32 Å². The van der Waals surface area contributed by atoms with E-state index in [4.69, 9.17) is 25.8 Å². The lowest BCUT2D eigenvalue weighted by Gasteiger charge is -2.38. The zero-order valence-corrected chi connectivity index (χ0v) is 27.3. The molecule has 46 heavy (non-hydrogen) atoms. The Morgan fingerprint density at radius 3 is 2.39 bits per heavy atom. The molecular weight excluding hydrogens is 634 g/mol. The van der Waals surface area contributed by atoms with Crippen LogP contribution in [0.3, 0.4) is 0 Å². The Labute approximate surface area is 275 Å². The van der Waals surface area contributed by atoms with Gasteiger partial charge in [-0.2, -0.15) is 0 Å². The molecule has 242 valence electrons. The number of aromatic hydroxyl groups is 2. The van der Waals surface area contributed by atoms with E-state index in [0.717, 1.165) is 4.90 Å². The Bertz CT molecular complexity index is 1740. The maximum atomic E-state index is 14.2. The predicted molar refractivity (Wildman–Crippen MR) is 173 cm³/mol. The lowest BCUT2D eigenvalue weighted by molar-refractivity contribution is -0.121. The highest BCUT2D eigenvalue weighted by molar-refractivity contribution is 7.98. The number of rotatable bonds is 10. The molecule has 4 N–H and O–H groups in total. The third-order valence-corrected chi connectivity index (χ3v) is 9.64.